The van der Waals surface area contributed by atoms with Crippen molar-refractivity contribution in [1.82, 2.24) is 4.90 Å². The van der Waals surface area contributed by atoms with E-state index >= 15 is 0 Å². The van der Waals surface area contributed by atoms with E-state index in [9.17, 15) is 9.90 Å². The molecule has 1 fully saturated rings. The Morgan fingerprint density at radius 1 is 1.47 bits per heavy atom. The van der Waals surface area contributed by atoms with E-state index in [4.69, 9.17) is 5.73 Å². The fourth-order valence-corrected chi connectivity index (χ4v) is 2.19. The van der Waals surface area contributed by atoms with Crippen molar-refractivity contribution in [2.75, 3.05) is 13.1 Å². The van der Waals surface area contributed by atoms with Gasteiger partial charge in [0.25, 0.3) is 5.91 Å². The minimum atomic E-state index is 0.0214. The molecule has 2 rings (SSSR count). The number of nitrogens with zero attached hydrogens (tertiary/aromatic N) is 1. The van der Waals surface area contributed by atoms with E-state index in [2.05, 4.69) is 0 Å². The van der Waals surface area contributed by atoms with Crippen LogP contribution in [-0.4, -0.2) is 35.0 Å². The standard InChI is InChI=1S/C13H18N2O2/c1-9(14)11-6-7-15(8-11)13(17)10-2-4-12(16)5-3-10/h2-5,9,11,16H,6-8,14H2,1H3. The summed E-state index contributed by atoms with van der Waals surface area (Å²) in [5, 5.41) is 9.18. The number of rotatable bonds is 2. The summed E-state index contributed by atoms with van der Waals surface area (Å²) in [5.41, 5.74) is 6.47. The minimum Gasteiger partial charge on any atom is -0.508 e. The molecule has 4 nitrogen and oxygen atoms in total. The molecule has 2 atom stereocenters. The highest BCUT2D eigenvalue weighted by Gasteiger charge is 2.28. The number of phenolic OH excluding ortho intramolecular Hbond substituents is 1. The van der Waals surface area contributed by atoms with Gasteiger partial charge in [-0.2, -0.15) is 0 Å². The molecule has 1 aliphatic heterocycles. The number of aromatic hydroxyl groups is 1. The molecule has 0 radical (unpaired) electrons. The highest BCUT2D eigenvalue weighted by Crippen LogP contribution is 2.21. The fourth-order valence-electron chi connectivity index (χ4n) is 2.19. The van der Waals surface area contributed by atoms with E-state index in [1.807, 2.05) is 11.8 Å². The molecule has 2 unspecified atom stereocenters. The van der Waals surface area contributed by atoms with Gasteiger partial charge in [-0.1, -0.05) is 0 Å². The lowest BCUT2D eigenvalue weighted by Crippen LogP contribution is -2.32. The van der Waals surface area contributed by atoms with Crippen molar-refractivity contribution >= 4 is 5.91 Å². The molecule has 92 valence electrons. The second-order valence-electron chi connectivity index (χ2n) is 4.71. The number of hydrogen-bond acceptors (Lipinski definition) is 3. The first-order valence-electron chi connectivity index (χ1n) is 5.92. The van der Waals surface area contributed by atoms with Crippen molar-refractivity contribution in [3.8, 4) is 5.75 Å². The molecule has 4 heteroatoms. The lowest BCUT2D eigenvalue weighted by atomic mass is 10.0. The first kappa shape index (κ1) is 11.9. The molecule has 1 amide bonds. The zero-order chi connectivity index (χ0) is 12.4. The molecule has 1 aliphatic rings. The smallest absolute Gasteiger partial charge is 0.253 e. The van der Waals surface area contributed by atoms with Crippen LogP contribution in [0.25, 0.3) is 0 Å². The summed E-state index contributed by atoms with van der Waals surface area (Å²) < 4.78 is 0. The number of likely N-dealkylation sites (tertiary alicyclic amines) is 1. The Morgan fingerprint density at radius 2 is 2.12 bits per heavy atom. The second kappa shape index (κ2) is 4.75. The molecule has 1 heterocycles. The third-order valence-electron chi connectivity index (χ3n) is 3.37. The molecule has 0 aromatic heterocycles. The third-order valence-corrected chi connectivity index (χ3v) is 3.37. The van der Waals surface area contributed by atoms with Crippen LogP contribution in [-0.2, 0) is 0 Å². The van der Waals surface area contributed by atoms with Gasteiger partial charge in [-0.25, -0.2) is 0 Å². The van der Waals surface area contributed by atoms with Crippen LogP contribution in [0.15, 0.2) is 24.3 Å². The number of carbonyl (C=O) groups is 1. The van der Waals surface area contributed by atoms with E-state index < -0.39 is 0 Å². The number of benzene rings is 1. The Labute approximate surface area is 101 Å². The van der Waals surface area contributed by atoms with Crippen molar-refractivity contribution in [3.63, 3.8) is 0 Å². The summed E-state index contributed by atoms with van der Waals surface area (Å²) in [6, 6.07) is 6.50. The van der Waals surface area contributed by atoms with Gasteiger partial charge in [0.15, 0.2) is 0 Å². The third kappa shape index (κ3) is 2.58. The van der Waals surface area contributed by atoms with Crippen LogP contribution in [0.2, 0.25) is 0 Å². The van der Waals surface area contributed by atoms with E-state index in [1.54, 1.807) is 12.1 Å². The number of phenols is 1. The molecule has 1 aromatic carbocycles. The normalized spacial score (nSPS) is 21.5. The lowest BCUT2D eigenvalue weighted by molar-refractivity contribution is 0.0786. The first-order chi connectivity index (χ1) is 8.08. The average molecular weight is 234 g/mol. The van der Waals surface area contributed by atoms with Crippen molar-refractivity contribution in [2.24, 2.45) is 11.7 Å². The summed E-state index contributed by atoms with van der Waals surface area (Å²) >= 11 is 0. The zero-order valence-electron chi connectivity index (χ0n) is 9.97. The maximum absolute atomic E-state index is 12.1. The Hall–Kier alpha value is -1.55. The van der Waals surface area contributed by atoms with E-state index in [1.165, 1.54) is 12.1 Å². The van der Waals surface area contributed by atoms with Crippen LogP contribution in [0.3, 0.4) is 0 Å². The van der Waals surface area contributed by atoms with Crippen molar-refractivity contribution in [2.45, 2.75) is 19.4 Å². The number of carbonyl (C=O) groups excluding carboxylic acids is 1. The van der Waals surface area contributed by atoms with Gasteiger partial charge < -0.3 is 15.7 Å². The van der Waals surface area contributed by atoms with Gasteiger partial charge >= 0.3 is 0 Å². The van der Waals surface area contributed by atoms with Gasteiger partial charge in [0.05, 0.1) is 0 Å². The van der Waals surface area contributed by atoms with Gasteiger partial charge in [-0.3, -0.25) is 4.79 Å². The Morgan fingerprint density at radius 3 is 2.65 bits per heavy atom. The molecule has 0 saturated carbocycles. The van der Waals surface area contributed by atoms with Crippen LogP contribution in [0.1, 0.15) is 23.7 Å². The number of hydrogen-bond donors (Lipinski definition) is 2. The Kier molecular flexibility index (Phi) is 3.33. The quantitative estimate of drug-likeness (QED) is 0.808. The molecule has 1 aromatic rings. The second-order valence-corrected chi connectivity index (χ2v) is 4.71. The first-order valence-corrected chi connectivity index (χ1v) is 5.92. The molecule has 0 spiro atoms. The largest absolute Gasteiger partial charge is 0.508 e. The van der Waals surface area contributed by atoms with Crippen LogP contribution in [0.5, 0.6) is 5.75 Å². The van der Waals surface area contributed by atoms with Crippen LogP contribution < -0.4 is 5.73 Å². The lowest BCUT2D eigenvalue weighted by Gasteiger charge is -2.18. The van der Waals surface area contributed by atoms with Crippen LogP contribution >= 0.6 is 0 Å². The molecule has 3 N–H and O–H groups in total. The zero-order valence-corrected chi connectivity index (χ0v) is 9.97. The molecule has 0 bridgehead atoms. The topological polar surface area (TPSA) is 66.6 Å². The highest BCUT2D eigenvalue weighted by molar-refractivity contribution is 5.94. The van der Waals surface area contributed by atoms with Crippen LogP contribution in [0.4, 0.5) is 0 Å². The summed E-state index contributed by atoms with van der Waals surface area (Å²) in [5.74, 6) is 0.598. The van der Waals surface area contributed by atoms with Crippen molar-refractivity contribution in [1.29, 1.82) is 0 Å². The average Bonchev–Trinajstić information content (AvgIpc) is 2.78. The number of nitrogens with two attached hydrogens (primary N) is 1. The molecular weight excluding hydrogens is 216 g/mol. The Balaban J connectivity index is 2.04. The van der Waals surface area contributed by atoms with E-state index in [-0.39, 0.29) is 17.7 Å². The minimum absolute atomic E-state index is 0.0214. The predicted octanol–water partition coefficient (Wildman–Crippen LogP) is 1.20. The predicted molar refractivity (Wildman–Crippen MR) is 65.8 cm³/mol. The summed E-state index contributed by atoms with van der Waals surface area (Å²) in [4.78, 5) is 14.0. The van der Waals surface area contributed by atoms with E-state index in [0.29, 0.717) is 11.5 Å². The molecule has 0 aliphatic carbocycles. The van der Waals surface area contributed by atoms with Gasteiger partial charge in [-0.15, -0.1) is 0 Å². The fraction of sp³-hybridized carbons (Fsp3) is 0.462. The van der Waals surface area contributed by atoms with Gasteiger partial charge in [0.2, 0.25) is 0 Å². The van der Waals surface area contributed by atoms with Crippen LogP contribution in [0, 0.1) is 5.92 Å². The maximum Gasteiger partial charge on any atom is 0.253 e. The van der Waals surface area contributed by atoms with Gasteiger partial charge in [0, 0.05) is 24.7 Å². The number of amides is 1. The SMILES string of the molecule is CC(N)C1CCN(C(=O)c2ccc(O)cc2)C1. The Bertz CT molecular complexity index is 400. The van der Waals surface area contributed by atoms with Gasteiger partial charge in [0.1, 0.15) is 5.75 Å². The summed E-state index contributed by atoms with van der Waals surface area (Å²) in [6.45, 7) is 3.49. The molecule has 1 saturated heterocycles. The maximum atomic E-state index is 12.1. The molecule has 17 heavy (non-hydrogen) atoms. The van der Waals surface area contributed by atoms with Gasteiger partial charge in [-0.05, 0) is 43.5 Å². The monoisotopic (exact) mass is 234 g/mol. The summed E-state index contributed by atoms with van der Waals surface area (Å²) in [7, 11) is 0. The highest BCUT2D eigenvalue weighted by atomic mass is 16.3. The summed E-state index contributed by atoms with van der Waals surface area (Å²) in [6.07, 6.45) is 0.974. The van der Waals surface area contributed by atoms with Crippen molar-refractivity contribution < 1.29 is 9.90 Å². The van der Waals surface area contributed by atoms with Crippen molar-refractivity contribution in [3.05, 3.63) is 29.8 Å². The van der Waals surface area contributed by atoms with E-state index in [0.717, 1.165) is 19.5 Å². The molecular formula is C13H18N2O2.